The van der Waals surface area contributed by atoms with Crippen molar-refractivity contribution in [1.82, 2.24) is 0 Å². The molecular formula is C14H16O5. The largest absolute Gasteiger partial charge is 0.479 e. The molecule has 1 aliphatic rings. The van der Waals surface area contributed by atoms with Crippen LogP contribution in [-0.2, 0) is 25.5 Å². The first kappa shape index (κ1) is 13.5. The zero-order chi connectivity index (χ0) is 13.7. The fraction of sp³-hybridized carbons (Fsp3) is 0.429. The van der Waals surface area contributed by atoms with Gasteiger partial charge in [0.05, 0.1) is 6.61 Å². The van der Waals surface area contributed by atoms with E-state index >= 15 is 0 Å². The molecule has 0 radical (unpaired) electrons. The summed E-state index contributed by atoms with van der Waals surface area (Å²) in [5.41, 5.74) is -0.761. The molecule has 0 spiro atoms. The molecule has 1 N–H and O–H groups in total. The second kappa shape index (κ2) is 5.84. The minimum Gasteiger partial charge on any atom is -0.479 e. The standard InChI is InChI=1S/C14H16O5/c15-12(16)14(8-4-9-19-14)13(17)18-10-7-11-5-2-1-3-6-11/h1-3,5-6H,4,7-10H2,(H,15,16). The molecule has 1 atom stereocenters. The third kappa shape index (κ3) is 2.93. The highest BCUT2D eigenvalue weighted by Crippen LogP contribution is 2.27. The molecule has 5 nitrogen and oxygen atoms in total. The summed E-state index contributed by atoms with van der Waals surface area (Å²) in [7, 11) is 0. The van der Waals surface area contributed by atoms with Gasteiger partial charge < -0.3 is 14.6 Å². The summed E-state index contributed by atoms with van der Waals surface area (Å²) in [4.78, 5) is 23.0. The molecule has 1 saturated heterocycles. The smallest absolute Gasteiger partial charge is 0.350 e. The zero-order valence-corrected chi connectivity index (χ0v) is 10.5. The Kier molecular flexibility index (Phi) is 4.16. The predicted octanol–water partition coefficient (Wildman–Crippen LogP) is 1.41. The van der Waals surface area contributed by atoms with Crippen LogP contribution < -0.4 is 0 Å². The fourth-order valence-electron chi connectivity index (χ4n) is 2.08. The quantitative estimate of drug-likeness (QED) is 0.643. The lowest BCUT2D eigenvalue weighted by atomic mass is 10.0. The number of aliphatic carboxylic acids is 1. The van der Waals surface area contributed by atoms with Crippen LogP contribution >= 0.6 is 0 Å². The minimum absolute atomic E-state index is 0.154. The van der Waals surface area contributed by atoms with Crippen LogP contribution in [0.4, 0.5) is 0 Å². The Bertz CT molecular complexity index is 448. The predicted molar refractivity (Wildman–Crippen MR) is 66.7 cm³/mol. The molecule has 5 heteroatoms. The van der Waals surface area contributed by atoms with Crippen LogP contribution in [0.25, 0.3) is 0 Å². The molecule has 0 amide bonds. The Morgan fingerprint density at radius 3 is 2.63 bits per heavy atom. The molecule has 1 unspecified atom stereocenters. The van der Waals surface area contributed by atoms with Gasteiger partial charge in [-0.3, -0.25) is 0 Å². The van der Waals surface area contributed by atoms with Gasteiger partial charge in [-0.15, -0.1) is 0 Å². The van der Waals surface area contributed by atoms with Crippen molar-refractivity contribution in [3.63, 3.8) is 0 Å². The fourth-order valence-corrected chi connectivity index (χ4v) is 2.08. The first-order chi connectivity index (χ1) is 9.15. The zero-order valence-electron chi connectivity index (χ0n) is 10.5. The van der Waals surface area contributed by atoms with Crippen molar-refractivity contribution >= 4 is 11.9 Å². The highest BCUT2D eigenvalue weighted by Gasteiger charge is 2.51. The lowest BCUT2D eigenvalue weighted by molar-refractivity contribution is -0.181. The second-order valence-electron chi connectivity index (χ2n) is 4.46. The van der Waals surface area contributed by atoms with Crippen LogP contribution in [0.5, 0.6) is 0 Å². The van der Waals surface area contributed by atoms with Gasteiger partial charge in [-0.2, -0.15) is 0 Å². The van der Waals surface area contributed by atoms with Crippen molar-refractivity contribution in [2.24, 2.45) is 0 Å². The maximum atomic E-state index is 11.9. The molecule has 0 aromatic heterocycles. The van der Waals surface area contributed by atoms with Crippen molar-refractivity contribution in [2.45, 2.75) is 24.9 Å². The monoisotopic (exact) mass is 264 g/mol. The molecule has 19 heavy (non-hydrogen) atoms. The van der Waals surface area contributed by atoms with E-state index in [4.69, 9.17) is 14.6 Å². The highest BCUT2D eigenvalue weighted by atomic mass is 16.6. The molecular weight excluding hydrogens is 248 g/mol. The topological polar surface area (TPSA) is 72.8 Å². The molecule has 2 rings (SSSR count). The van der Waals surface area contributed by atoms with Crippen molar-refractivity contribution in [1.29, 1.82) is 0 Å². The highest BCUT2D eigenvalue weighted by molar-refractivity contribution is 6.03. The van der Waals surface area contributed by atoms with Crippen LogP contribution in [0.2, 0.25) is 0 Å². The summed E-state index contributed by atoms with van der Waals surface area (Å²) in [5, 5.41) is 9.12. The van der Waals surface area contributed by atoms with Crippen molar-refractivity contribution < 1.29 is 24.2 Å². The molecule has 0 bridgehead atoms. The van der Waals surface area contributed by atoms with Gasteiger partial charge in [0.1, 0.15) is 0 Å². The Morgan fingerprint density at radius 1 is 1.32 bits per heavy atom. The number of carbonyl (C=O) groups excluding carboxylic acids is 1. The van der Waals surface area contributed by atoms with Crippen LogP contribution in [0, 0.1) is 0 Å². The molecule has 1 fully saturated rings. The van der Waals surface area contributed by atoms with E-state index in [0.717, 1.165) is 5.56 Å². The van der Waals surface area contributed by atoms with E-state index in [0.29, 0.717) is 12.8 Å². The van der Waals surface area contributed by atoms with Crippen molar-refractivity contribution in [3.8, 4) is 0 Å². The van der Waals surface area contributed by atoms with E-state index in [2.05, 4.69) is 0 Å². The van der Waals surface area contributed by atoms with Crippen LogP contribution in [0.1, 0.15) is 18.4 Å². The number of rotatable bonds is 5. The van der Waals surface area contributed by atoms with E-state index in [9.17, 15) is 9.59 Å². The number of ether oxygens (including phenoxy) is 2. The van der Waals surface area contributed by atoms with E-state index in [1.165, 1.54) is 0 Å². The number of hydrogen-bond donors (Lipinski definition) is 1. The van der Waals surface area contributed by atoms with E-state index in [1.807, 2.05) is 30.3 Å². The maximum Gasteiger partial charge on any atom is 0.350 e. The number of carbonyl (C=O) groups is 2. The third-order valence-corrected chi connectivity index (χ3v) is 3.16. The summed E-state index contributed by atoms with van der Waals surface area (Å²) in [6, 6.07) is 9.55. The van der Waals surface area contributed by atoms with Crippen LogP contribution in [0.3, 0.4) is 0 Å². The van der Waals surface area contributed by atoms with Crippen molar-refractivity contribution in [3.05, 3.63) is 35.9 Å². The average molecular weight is 264 g/mol. The van der Waals surface area contributed by atoms with Gasteiger partial charge in [0.2, 0.25) is 0 Å². The minimum atomic E-state index is -1.79. The number of benzene rings is 1. The van der Waals surface area contributed by atoms with E-state index < -0.39 is 17.5 Å². The second-order valence-corrected chi connectivity index (χ2v) is 4.46. The SMILES string of the molecule is O=C(O)C1(C(=O)OCCc2ccccc2)CCCO1. The molecule has 1 aromatic carbocycles. The van der Waals surface area contributed by atoms with Gasteiger partial charge in [0.25, 0.3) is 5.60 Å². The molecule has 1 heterocycles. The Hall–Kier alpha value is -1.88. The molecule has 0 aliphatic carbocycles. The number of hydrogen-bond acceptors (Lipinski definition) is 4. The molecule has 1 aliphatic heterocycles. The summed E-state index contributed by atoms with van der Waals surface area (Å²) in [6.45, 7) is 0.432. The lowest BCUT2D eigenvalue weighted by Gasteiger charge is -2.20. The normalized spacial score (nSPS) is 22.1. The Balaban J connectivity index is 1.88. The Morgan fingerprint density at radius 2 is 2.05 bits per heavy atom. The van der Waals surface area contributed by atoms with Gasteiger partial charge in [-0.05, 0) is 12.0 Å². The van der Waals surface area contributed by atoms with Crippen LogP contribution in [-0.4, -0.2) is 35.9 Å². The number of carboxylic acids is 1. The van der Waals surface area contributed by atoms with Gasteiger partial charge in [0, 0.05) is 19.4 Å². The lowest BCUT2D eigenvalue weighted by Crippen LogP contribution is -2.47. The number of esters is 1. The van der Waals surface area contributed by atoms with Crippen LogP contribution in [0.15, 0.2) is 30.3 Å². The average Bonchev–Trinajstić information content (AvgIpc) is 2.90. The number of carboxylic acid groups (broad SMARTS) is 1. The first-order valence-electron chi connectivity index (χ1n) is 6.24. The summed E-state index contributed by atoms with van der Waals surface area (Å²) in [5.74, 6) is -2.07. The molecule has 0 saturated carbocycles. The van der Waals surface area contributed by atoms with E-state index in [-0.39, 0.29) is 19.6 Å². The Labute approximate surface area is 111 Å². The summed E-state index contributed by atoms with van der Waals surface area (Å²) in [6.07, 6.45) is 1.29. The third-order valence-electron chi connectivity index (χ3n) is 3.16. The van der Waals surface area contributed by atoms with E-state index in [1.54, 1.807) is 0 Å². The van der Waals surface area contributed by atoms with Gasteiger partial charge >= 0.3 is 11.9 Å². The van der Waals surface area contributed by atoms with Gasteiger partial charge in [0.15, 0.2) is 0 Å². The van der Waals surface area contributed by atoms with Gasteiger partial charge in [-0.1, -0.05) is 30.3 Å². The molecule has 102 valence electrons. The maximum absolute atomic E-state index is 11.9. The molecule has 1 aromatic rings. The van der Waals surface area contributed by atoms with Gasteiger partial charge in [-0.25, -0.2) is 9.59 Å². The summed E-state index contributed by atoms with van der Waals surface area (Å²) >= 11 is 0. The van der Waals surface area contributed by atoms with Crippen molar-refractivity contribution in [2.75, 3.05) is 13.2 Å². The summed E-state index contributed by atoms with van der Waals surface area (Å²) < 4.78 is 10.1. The first-order valence-corrected chi connectivity index (χ1v) is 6.24.